The number of hydrogen-bond donors (Lipinski definition) is 2. The first kappa shape index (κ1) is 11.5. The van der Waals surface area contributed by atoms with Crippen LogP contribution in [0.1, 0.15) is 19.0 Å². The molecule has 0 fully saturated rings. The molecule has 0 atom stereocenters. The maximum absolute atomic E-state index is 11.8. The molecule has 17 heavy (non-hydrogen) atoms. The molecule has 2 N–H and O–H groups in total. The molecular weight excluding hydrogens is 216 g/mol. The molecule has 2 aromatic rings. The molecule has 0 aliphatic heterocycles. The Balaban J connectivity index is 2.44. The summed E-state index contributed by atoms with van der Waals surface area (Å²) in [5, 5.41) is 5.57. The number of H-pyrrole nitrogens is 2. The number of aromatic nitrogens is 2. The van der Waals surface area contributed by atoms with Crippen LogP contribution >= 0.6 is 0 Å². The summed E-state index contributed by atoms with van der Waals surface area (Å²) < 4.78 is 5.10. The van der Waals surface area contributed by atoms with Gasteiger partial charge >= 0.3 is 0 Å². The molecule has 0 saturated heterocycles. The van der Waals surface area contributed by atoms with Gasteiger partial charge in [-0.25, -0.2) is 0 Å². The lowest BCUT2D eigenvalue weighted by Gasteiger charge is -2.03. The van der Waals surface area contributed by atoms with Gasteiger partial charge in [0.2, 0.25) is 0 Å². The number of aryl methyl sites for hydroxylation is 1. The molecule has 4 nitrogen and oxygen atoms in total. The van der Waals surface area contributed by atoms with Crippen molar-refractivity contribution in [3.8, 4) is 16.9 Å². The lowest BCUT2D eigenvalue weighted by Crippen LogP contribution is -2.02. The monoisotopic (exact) mass is 232 g/mol. The molecule has 0 amide bonds. The van der Waals surface area contributed by atoms with Gasteiger partial charge in [0.25, 0.3) is 5.56 Å². The first-order valence-corrected chi connectivity index (χ1v) is 5.70. The topological polar surface area (TPSA) is 57.9 Å². The Morgan fingerprint density at radius 3 is 2.47 bits per heavy atom. The molecule has 0 radical (unpaired) electrons. The molecule has 0 aliphatic rings. The Kier molecular flexibility index (Phi) is 3.32. The van der Waals surface area contributed by atoms with Crippen LogP contribution < -0.4 is 10.3 Å². The minimum Gasteiger partial charge on any atom is -0.497 e. The third-order valence-corrected chi connectivity index (χ3v) is 2.73. The van der Waals surface area contributed by atoms with Gasteiger partial charge in [-0.3, -0.25) is 9.89 Å². The van der Waals surface area contributed by atoms with Gasteiger partial charge in [0, 0.05) is 5.69 Å². The van der Waals surface area contributed by atoms with E-state index in [2.05, 4.69) is 17.1 Å². The zero-order valence-corrected chi connectivity index (χ0v) is 10.0. The Morgan fingerprint density at radius 2 is 1.88 bits per heavy atom. The zero-order chi connectivity index (χ0) is 12.3. The SMILES string of the molecule is CCCc1[nH][nH]c(=O)c1-c1ccc(OC)cc1. The number of aromatic amines is 2. The highest BCUT2D eigenvalue weighted by Crippen LogP contribution is 2.22. The maximum atomic E-state index is 11.8. The summed E-state index contributed by atoms with van der Waals surface area (Å²) in [6, 6.07) is 7.52. The van der Waals surface area contributed by atoms with Crippen molar-refractivity contribution >= 4 is 0 Å². The molecule has 0 saturated carbocycles. The number of ether oxygens (including phenoxy) is 1. The van der Waals surface area contributed by atoms with Gasteiger partial charge in [0.1, 0.15) is 5.75 Å². The fourth-order valence-electron chi connectivity index (χ4n) is 1.89. The average Bonchev–Trinajstić information content (AvgIpc) is 2.71. The summed E-state index contributed by atoms with van der Waals surface area (Å²) in [6.07, 6.45) is 1.86. The molecule has 0 unspecified atom stereocenters. The van der Waals surface area contributed by atoms with Crippen molar-refractivity contribution in [2.45, 2.75) is 19.8 Å². The minimum atomic E-state index is -0.0707. The quantitative estimate of drug-likeness (QED) is 0.850. The Morgan fingerprint density at radius 1 is 1.18 bits per heavy atom. The van der Waals surface area contributed by atoms with Crippen molar-refractivity contribution < 1.29 is 4.74 Å². The minimum absolute atomic E-state index is 0.0707. The standard InChI is InChI=1S/C13H16N2O2/c1-3-4-11-12(13(16)15-14-11)9-5-7-10(17-2)8-6-9/h5-8H,3-4H2,1-2H3,(H2,14,15,16). The van der Waals surface area contributed by atoms with Gasteiger partial charge in [-0.05, 0) is 24.1 Å². The highest BCUT2D eigenvalue weighted by molar-refractivity contribution is 5.65. The fraction of sp³-hybridized carbons (Fsp3) is 0.308. The van der Waals surface area contributed by atoms with Gasteiger partial charge < -0.3 is 9.84 Å². The summed E-state index contributed by atoms with van der Waals surface area (Å²) in [4.78, 5) is 11.8. The lowest BCUT2D eigenvalue weighted by atomic mass is 10.0. The van der Waals surface area contributed by atoms with Crippen LogP contribution in [0.5, 0.6) is 5.75 Å². The van der Waals surface area contributed by atoms with Crippen LogP contribution in [-0.4, -0.2) is 17.3 Å². The molecule has 4 heteroatoms. The first-order chi connectivity index (χ1) is 8.26. The van der Waals surface area contributed by atoms with E-state index in [-0.39, 0.29) is 5.56 Å². The Bertz CT molecular complexity index is 537. The van der Waals surface area contributed by atoms with Gasteiger partial charge in [0.05, 0.1) is 12.7 Å². The van der Waals surface area contributed by atoms with Crippen LogP contribution in [0.2, 0.25) is 0 Å². The van der Waals surface area contributed by atoms with Crippen molar-refractivity contribution in [1.82, 2.24) is 10.2 Å². The van der Waals surface area contributed by atoms with Gasteiger partial charge in [0.15, 0.2) is 0 Å². The third kappa shape index (κ3) is 2.25. The predicted octanol–water partition coefficient (Wildman–Crippen LogP) is 2.33. The van der Waals surface area contributed by atoms with Crippen LogP contribution in [0.3, 0.4) is 0 Å². The van der Waals surface area contributed by atoms with Crippen LogP contribution in [-0.2, 0) is 6.42 Å². The molecule has 0 aliphatic carbocycles. The maximum Gasteiger partial charge on any atom is 0.272 e. The van der Waals surface area contributed by atoms with Crippen molar-refractivity contribution in [2.24, 2.45) is 0 Å². The number of rotatable bonds is 4. The van der Waals surface area contributed by atoms with E-state index in [9.17, 15) is 4.79 Å². The van der Waals surface area contributed by atoms with Crippen LogP contribution in [0, 0.1) is 0 Å². The molecular formula is C13H16N2O2. The van der Waals surface area contributed by atoms with Crippen LogP contribution in [0.15, 0.2) is 29.1 Å². The third-order valence-electron chi connectivity index (χ3n) is 2.73. The average molecular weight is 232 g/mol. The second-order valence-electron chi connectivity index (χ2n) is 3.91. The molecule has 0 spiro atoms. The molecule has 1 aromatic heterocycles. The second-order valence-corrected chi connectivity index (χ2v) is 3.91. The Labute approximate surface area is 99.6 Å². The van der Waals surface area contributed by atoms with Crippen molar-refractivity contribution in [3.05, 3.63) is 40.3 Å². The highest BCUT2D eigenvalue weighted by Gasteiger charge is 2.11. The van der Waals surface area contributed by atoms with Crippen LogP contribution in [0.4, 0.5) is 0 Å². The number of nitrogens with one attached hydrogen (secondary N) is 2. The summed E-state index contributed by atoms with van der Waals surface area (Å²) in [5.74, 6) is 0.790. The smallest absolute Gasteiger partial charge is 0.272 e. The first-order valence-electron chi connectivity index (χ1n) is 5.70. The van der Waals surface area contributed by atoms with E-state index in [1.807, 2.05) is 24.3 Å². The lowest BCUT2D eigenvalue weighted by molar-refractivity contribution is 0.415. The molecule has 1 aromatic carbocycles. The van der Waals surface area contributed by atoms with Crippen LogP contribution in [0.25, 0.3) is 11.1 Å². The summed E-state index contributed by atoms with van der Waals surface area (Å²) >= 11 is 0. The van der Waals surface area contributed by atoms with E-state index in [0.29, 0.717) is 0 Å². The van der Waals surface area contributed by atoms with Crippen molar-refractivity contribution in [2.75, 3.05) is 7.11 Å². The highest BCUT2D eigenvalue weighted by atomic mass is 16.5. The summed E-state index contributed by atoms with van der Waals surface area (Å²) in [7, 11) is 1.63. The largest absolute Gasteiger partial charge is 0.497 e. The normalized spacial score (nSPS) is 10.5. The van der Waals surface area contributed by atoms with Crippen molar-refractivity contribution in [3.63, 3.8) is 0 Å². The van der Waals surface area contributed by atoms with Gasteiger partial charge in [-0.1, -0.05) is 25.5 Å². The molecule has 0 bridgehead atoms. The number of methoxy groups -OCH3 is 1. The zero-order valence-electron chi connectivity index (χ0n) is 10.0. The molecule has 1 heterocycles. The van der Waals surface area contributed by atoms with Crippen molar-refractivity contribution in [1.29, 1.82) is 0 Å². The Hall–Kier alpha value is -1.97. The van der Waals surface area contributed by atoms with E-state index in [1.165, 1.54) is 0 Å². The van der Waals surface area contributed by atoms with Gasteiger partial charge in [-0.15, -0.1) is 0 Å². The van der Waals surface area contributed by atoms with E-state index in [0.717, 1.165) is 35.4 Å². The summed E-state index contributed by atoms with van der Waals surface area (Å²) in [5.41, 5.74) is 2.53. The fourth-order valence-corrected chi connectivity index (χ4v) is 1.89. The van der Waals surface area contributed by atoms with E-state index in [4.69, 9.17) is 4.74 Å². The van der Waals surface area contributed by atoms with E-state index < -0.39 is 0 Å². The molecule has 90 valence electrons. The number of hydrogen-bond acceptors (Lipinski definition) is 2. The number of benzene rings is 1. The van der Waals surface area contributed by atoms with E-state index in [1.54, 1.807) is 7.11 Å². The predicted molar refractivity (Wildman–Crippen MR) is 67.4 cm³/mol. The second kappa shape index (κ2) is 4.91. The summed E-state index contributed by atoms with van der Waals surface area (Å²) in [6.45, 7) is 2.09. The van der Waals surface area contributed by atoms with E-state index >= 15 is 0 Å². The van der Waals surface area contributed by atoms with Gasteiger partial charge in [-0.2, -0.15) is 0 Å². The molecule has 2 rings (SSSR count).